The van der Waals surface area contributed by atoms with Gasteiger partial charge < -0.3 is 24.0 Å². The highest BCUT2D eigenvalue weighted by Crippen LogP contribution is 2.15. The molecule has 0 heterocycles. The van der Waals surface area contributed by atoms with Gasteiger partial charge in [-0.3, -0.25) is 0 Å². The molecule has 2 aromatic rings. The van der Waals surface area contributed by atoms with Crippen LogP contribution in [0, 0.1) is 0 Å². The Kier molecular flexibility index (Phi) is 9.47. The molecule has 0 bridgehead atoms. The van der Waals surface area contributed by atoms with E-state index >= 15 is 0 Å². The molecule has 0 atom stereocenters. The van der Waals surface area contributed by atoms with Gasteiger partial charge in [-0.1, -0.05) is 70.9 Å². The monoisotopic (exact) mass is 493 g/mol. The Morgan fingerprint density at radius 3 is 1.21 bits per heavy atom. The highest BCUT2D eigenvalue weighted by Gasteiger charge is 2.15. The van der Waals surface area contributed by atoms with Crippen LogP contribution in [0.1, 0.15) is 30.4 Å². The molecule has 0 amide bonds. The Morgan fingerprint density at radius 2 is 0.929 bits per heavy atom. The van der Waals surface area contributed by atoms with E-state index in [4.69, 9.17) is 10.2 Å². The molecule has 4 nitrogen and oxygen atoms in total. The Balaban J connectivity index is 0.00000392. The molecule has 2 aromatic carbocycles. The van der Waals surface area contributed by atoms with Gasteiger partial charge in [0, 0.05) is 11.1 Å². The minimum absolute atomic E-state index is 0. The summed E-state index contributed by atoms with van der Waals surface area (Å²) in [7, 11) is 12.6. The van der Waals surface area contributed by atoms with Crippen LogP contribution >= 0.6 is 0 Å². The Bertz CT molecular complexity index is 702. The van der Waals surface area contributed by atoms with E-state index in [2.05, 4.69) is 103 Å². The third kappa shape index (κ3) is 9.08. The number of hydrogen-bond donors (Lipinski definition) is 0. The fourth-order valence-corrected chi connectivity index (χ4v) is 2.91. The standard InChI is InChI=1S/C23H34N4.HI/c1-26(2,3)24-22(20-14-9-7-10-15-20)18-13-19-23(25-27(4,5)6)21-16-11-8-12-17-21;/h7-12,14-17H,13,18-19H2,1-6H3;1H/q+2;/p-1/b24-22-,25-23+;. The van der Waals surface area contributed by atoms with Crippen LogP contribution in [0.3, 0.4) is 0 Å². The van der Waals surface area contributed by atoms with Crippen LogP contribution in [0.5, 0.6) is 0 Å². The predicted octanol–water partition coefficient (Wildman–Crippen LogP) is 1.38. The minimum atomic E-state index is 0. The summed E-state index contributed by atoms with van der Waals surface area (Å²) < 4.78 is 1.14. The van der Waals surface area contributed by atoms with Crippen LogP contribution in [-0.4, -0.2) is 62.9 Å². The predicted molar refractivity (Wildman–Crippen MR) is 116 cm³/mol. The van der Waals surface area contributed by atoms with Crippen LogP contribution in [0.4, 0.5) is 0 Å². The average Bonchev–Trinajstić information content (AvgIpc) is 2.59. The second-order valence-electron chi connectivity index (χ2n) is 8.56. The summed E-state index contributed by atoms with van der Waals surface area (Å²) in [6, 6.07) is 21.0. The SMILES string of the molecule is C[N+](C)(C)/N=C(/CCC/C(=N\[N+](C)(C)C)c1ccccc1)c1ccccc1.[I-]. The Labute approximate surface area is 187 Å². The number of nitrogens with zero attached hydrogens (tertiary/aromatic N) is 4. The molecule has 0 fully saturated rings. The molecule has 0 radical (unpaired) electrons. The smallest absolute Gasteiger partial charge is 0.103 e. The van der Waals surface area contributed by atoms with Crippen molar-refractivity contribution in [2.24, 2.45) is 10.2 Å². The van der Waals surface area contributed by atoms with Crippen molar-refractivity contribution in [3.05, 3.63) is 71.8 Å². The molecule has 5 heteroatoms. The van der Waals surface area contributed by atoms with Gasteiger partial charge in [0.2, 0.25) is 0 Å². The van der Waals surface area contributed by atoms with Crippen molar-refractivity contribution in [1.82, 2.24) is 0 Å². The minimum Gasteiger partial charge on any atom is -1.00 e. The van der Waals surface area contributed by atoms with Crippen molar-refractivity contribution in [1.29, 1.82) is 0 Å². The van der Waals surface area contributed by atoms with E-state index < -0.39 is 0 Å². The van der Waals surface area contributed by atoms with Gasteiger partial charge in [-0.15, -0.1) is 0 Å². The molecular weight excluding hydrogens is 459 g/mol. The van der Waals surface area contributed by atoms with Gasteiger partial charge in [0.25, 0.3) is 0 Å². The number of halogens is 1. The van der Waals surface area contributed by atoms with Crippen molar-refractivity contribution in [2.75, 3.05) is 42.3 Å². The first kappa shape index (κ1) is 24.5. The summed E-state index contributed by atoms with van der Waals surface area (Å²) in [6.45, 7) is 0. The van der Waals surface area contributed by atoms with E-state index in [1.807, 2.05) is 0 Å². The fourth-order valence-electron chi connectivity index (χ4n) is 2.91. The highest BCUT2D eigenvalue weighted by atomic mass is 127. The van der Waals surface area contributed by atoms with Crippen LogP contribution in [0.2, 0.25) is 0 Å². The number of rotatable bonds is 8. The van der Waals surface area contributed by atoms with Crippen molar-refractivity contribution in [3.8, 4) is 0 Å². The fraction of sp³-hybridized carbons (Fsp3) is 0.391. The van der Waals surface area contributed by atoms with Crippen LogP contribution in [0.15, 0.2) is 70.9 Å². The lowest BCUT2D eigenvalue weighted by atomic mass is 10.0. The molecule has 0 N–H and O–H groups in total. The average molecular weight is 493 g/mol. The summed E-state index contributed by atoms with van der Waals surface area (Å²) in [5.74, 6) is 0. The normalized spacial score (nSPS) is 13.2. The first-order valence-corrected chi connectivity index (χ1v) is 9.56. The zero-order valence-corrected chi connectivity index (χ0v) is 20.2. The van der Waals surface area contributed by atoms with Crippen molar-refractivity contribution in [3.63, 3.8) is 0 Å². The maximum absolute atomic E-state index is 4.93. The molecular formula is C23H34IN4+. The lowest BCUT2D eigenvalue weighted by Gasteiger charge is -2.19. The summed E-state index contributed by atoms with van der Waals surface area (Å²) in [6.07, 6.45) is 2.88. The molecule has 28 heavy (non-hydrogen) atoms. The van der Waals surface area contributed by atoms with E-state index in [1.54, 1.807) is 0 Å². The van der Waals surface area contributed by atoms with Crippen LogP contribution < -0.4 is 24.0 Å². The molecule has 152 valence electrons. The van der Waals surface area contributed by atoms with Gasteiger partial charge in [0.1, 0.15) is 11.4 Å². The Morgan fingerprint density at radius 1 is 0.607 bits per heavy atom. The lowest BCUT2D eigenvalue weighted by Crippen LogP contribution is -3.00. The maximum Gasteiger partial charge on any atom is 0.103 e. The van der Waals surface area contributed by atoms with E-state index in [1.165, 1.54) is 11.1 Å². The topological polar surface area (TPSA) is 24.7 Å². The third-order valence-corrected chi connectivity index (χ3v) is 3.88. The van der Waals surface area contributed by atoms with Gasteiger partial charge in [0.15, 0.2) is 0 Å². The molecule has 0 aromatic heterocycles. The first-order valence-electron chi connectivity index (χ1n) is 9.56. The zero-order valence-electron chi connectivity index (χ0n) is 18.1. The second kappa shape index (κ2) is 10.8. The molecule has 0 aliphatic carbocycles. The van der Waals surface area contributed by atoms with Crippen molar-refractivity contribution >= 4 is 11.4 Å². The molecule has 2 rings (SSSR count). The van der Waals surface area contributed by atoms with Gasteiger partial charge in [-0.05, 0) is 19.3 Å². The van der Waals surface area contributed by atoms with E-state index in [0.29, 0.717) is 9.18 Å². The summed E-state index contributed by atoms with van der Waals surface area (Å²) >= 11 is 0. The highest BCUT2D eigenvalue weighted by molar-refractivity contribution is 6.02. The van der Waals surface area contributed by atoms with Crippen molar-refractivity contribution < 1.29 is 33.2 Å². The summed E-state index contributed by atoms with van der Waals surface area (Å²) in [5.41, 5.74) is 4.72. The van der Waals surface area contributed by atoms with Crippen molar-refractivity contribution in [2.45, 2.75) is 19.3 Å². The first-order chi connectivity index (χ1) is 12.6. The molecule has 0 spiro atoms. The van der Waals surface area contributed by atoms with Gasteiger partial charge in [-0.25, -0.2) is 9.18 Å². The summed E-state index contributed by atoms with van der Waals surface area (Å²) in [4.78, 5) is 0. The lowest BCUT2D eigenvalue weighted by molar-refractivity contribution is -0.877. The van der Waals surface area contributed by atoms with Crippen LogP contribution in [-0.2, 0) is 0 Å². The number of benzene rings is 2. The molecule has 0 unspecified atom stereocenters. The molecule has 0 aliphatic rings. The molecule has 0 aliphatic heterocycles. The molecule has 0 saturated heterocycles. The largest absolute Gasteiger partial charge is 1.00 e. The van der Waals surface area contributed by atoms with Crippen LogP contribution in [0.25, 0.3) is 0 Å². The zero-order chi connectivity index (χ0) is 19.9. The van der Waals surface area contributed by atoms with E-state index in [-0.39, 0.29) is 24.0 Å². The Hall–Kier alpha value is -1.57. The quantitative estimate of drug-likeness (QED) is 0.230. The maximum atomic E-state index is 4.93. The number of quaternary nitrogens is 2. The number of hydrogen-bond acceptors (Lipinski definition) is 2. The summed E-state index contributed by atoms with van der Waals surface area (Å²) in [5, 5.41) is 9.87. The van der Waals surface area contributed by atoms with E-state index in [9.17, 15) is 0 Å². The molecule has 0 saturated carbocycles. The second-order valence-corrected chi connectivity index (χ2v) is 8.56. The van der Waals surface area contributed by atoms with Gasteiger partial charge in [0.05, 0.1) is 42.3 Å². The van der Waals surface area contributed by atoms with Gasteiger partial charge >= 0.3 is 0 Å². The third-order valence-electron chi connectivity index (χ3n) is 3.88. The van der Waals surface area contributed by atoms with E-state index in [0.717, 1.165) is 30.7 Å². The van der Waals surface area contributed by atoms with Gasteiger partial charge in [-0.2, -0.15) is 0 Å².